The van der Waals surface area contributed by atoms with Crippen molar-refractivity contribution in [3.8, 4) is 0 Å². The average molecular weight is 255 g/mol. The lowest BCUT2D eigenvalue weighted by molar-refractivity contribution is -0.384. The van der Waals surface area contributed by atoms with Crippen LogP contribution in [0.25, 0.3) is 0 Å². The highest BCUT2D eigenvalue weighted by atomic mass is 16.6. The van der Waals surface area contributed by atoms with Crippen molar-refractivity contribution in [1.82, 2.24) is 0 Å². The predicted molar refractivity (Wildman–Crippen MR) is 72.3 cm³/mol. The Morgan fingerprint density at radius 1 is 1.16 bits per heavy atom. The highest BCUT2D eigenvalue weighted by molar-refractivity contribution is 6.10. The van der Waals surface area contributed by atoms with Crippen molar-refractivity contribution in [3.05, 3.63) is 75.3 Å². The Hall–Kier alpha value is -2.49. The molecule has 0 aliphatic carbocycles. The van der Waals surface area contributed by atoms with Gasteiger partial charge in [-0.2, -0.15) is 0 Å². The Morgan fingerprint density at radius 2 is 1.84 bits per heavy atom. The molecule has 0 amide bonds. The van der Waals surface area contributed by atoms with Crippen LogP contribution in [0, 0.1) is 10.1 Å². The first-order chi connectivity index (χ1) is 9.13. The smallest absolute Gasteiger partial charge is 0.270 e. The number of nitrogens with zero attached hydrogens (tertiary/aromatic N) is 1. The number of benzene rings is 2. The maximum absolute atomic E-state index is 12.4. The standard InChI is InChI=1S/C15H13NO3/c1-2-11-8-9-13(16(18)19)10-14(11)15(17)12-6-4-3-5-7-12/h3-10H,2H2,1H3. The van der Waals surface area contributed by atoms with E-state index in [1.165, 1.54) is 12.1 Å². The van der Waals surface area contributed by atoms with Crippen molar-refractivity contribution < 1.29 is 9.72 Å². The Labute approximate surface area is 110 Å². The Morgan fingerprint density at radius 3 is 2.42 bits per heavy atom. The number of hydrogen-bond acceptors (Lipinski definition) is 3. The Kier molecular flexibility index (Phi) is 3.71. The molecule has 0 saturated carbocycles. The van der Waals surface area contributed by atoms with Gasteiger partial charge in [0.25, 0.3) is 5.69 Å². The summed E-state index contributed by atoms with van der Waals surface area (Å²) in [5, 5.41) is 10.8. The molecule has 0 aromatic heterocycles. The van der Waals surface area contributed by atoms with Gasteiger partial charge < -0.3 is 0 Å². The molecule has 2 aromatic carbocycles. The van der Waals surface area contributed by atoms with Gasteiger partial charge in [0.15, 0.2) is 5.78 Å². The van der Waals surface area contributed by atoms with E-state index < -0.39 is 4.92 Å². The number of carbonyl (C=O) groups excluding carboxylic acids is 1. The zero-order valence-electron chi connectivity index (χ0n) is 10.5. The van der Waals surface area contributed by atoms with Gasteiger partial charge in [-0.05, 0) is 12.0 Å². The maximum atomic E-state index is 12.4. The predicted octanol–water partition coefficient (Wildman–Crippen LogP) is 3.39. The van der Waals surface area contributed by atoms with Crippen LogP contribution >= 0.6 is 0 Å². The van der Waals surface area contributed by atoms with Crippen molar-refractivity contribution in [3.63, 3.8) is 0 Å². The topological polar surface area (TPSA) is 60.2 Å². The largest absolute Gasteiger partial charge is 0.289 e. The average Bonchev–Trinajstić information content (AvgIpc) is 2.46. The second-order valence-electron chi connectivity index (χ2n) is 4.15. The van der Waals surface area contributed by atoms with Crippen molar-refractivity contribution in [2.75, 3.05) is 0 Å². The van der Waals surface area contributed by atoms with Crippen LogP contribution in [0.5, 0.6) is 0 Å². The Balaban J connectivity index is 2.51. The van der Waals surface area contributed by atoms with E-state index in [2.05, 4.69) is 0 Å². The lowest BCUT2D eigenvalue weighted by Crippen LogP contribution is -2.06. The third kappa shape index (κ3) is 2.68. The van der Waals surface area contributed by atoms with Crippen LogP contribution in [-0.2, 0) is 6.42 Å². The summed E-state index contributed by atoms with van der Waals surface area (Å²) in [5.74, 6) is -0.179. The second kappa shape index (κ2) is 5.44. The number of rotatable bonds is 4. The van der Waals surface area contributed by atoms with E-state index in [0.717, 1.165) is 5.56 Å². The van der Waals surface area contributed by atoms with Gasteiger partial charge in [0.2, 0.25) is 0 Å². The van der Waals surface area contributed by atoms with Crippen LogP contribution in [0.2, 0.25) is 0 Å². The molecular weight excluding hydrogens is 242 g/mol. The molecule has 2 aromatic rings. The van der Waals surface area contributed by atoms with Crippen molar-refractivity contribution in [1.29, 1.82) is 0 Å². The minimum absolute atomic E-state index is 0.0588. The van der Waals surface area contributed by atoms with E-state index in [4.69, 9.17) is 0 Å². The minimum Gasteiger partial charge on any atom is -0.289 e. The molecule has 0 aliphatic heterocycles. The highest BCUT2D eigenvalue weighted by Crippen LogP contribution is 2.21. The number of aryl methyl sites for hydroxylation is 1. The van der Waals surface area contributed by atoms with Gasteiger partial charge in [0, 0.05) is 23.3 Å². The molecule has 2 rings (SSSR count). The van der Waals surface area contributed by atoms with E-state index in [0.29, 0.717) is 17.5 Å². The lowest BCUT2D eigenvalue weighted by Gasteiger charge is -2.06. The second-order valence-corrected chi connectivity index (χ2v) is 4.15. The van der Waals surface area contributed by atoms with E-state index in [9.17, 15) is 14.9 Å². The zero-order chi connectivity index (χ0) is 13.8. The summed E-state index contributed by atoms with van der Waals surface area (Å²) < 4.78 is 0. The Bertz CT molecular complexity index is 621. The molecule has 0 heterocycles. The fourth-order valence-electron chi connectivity index (χ4n) is 1.94. The fourth-order valence-corrected chi connectivity index (χ4v) is 1.94. The monoisotopic (exact) mass is 255 g/mol. The van der Waals surface area contributed by atoms with Gasteiger partial charge in [0.05, 0.1) is 4.92 Å². The number of nitro benzene ring substituents is 1. The van der Waals surface area contributed by atoms with Gasteiger partial charge in [-0.1, -0.05) is 43.3 Å². The molecule has 0 unspecified atom stereocenters. The van der Waals surface area contributed by atoms with Gasteiger partial charge >= 0.3 is 0 Å². The quantitative estimate of drug-likeness (QED) is 0.478. The molecule has 0 fully saturated rings. The fraction of sp³-hybridized carbons (Fsp3) is 0.133. The van der Waals surface area contributed by atoms with Crippen LogP contribution in [-0.4, -0.2) is 10.7 Å². The number of ketones is 1. The molecule has 0 saturated heterocycles. The third-order valence-corrected chi connectivity index (χ3v) is 2.97. The van der Waals surface area contributed by atoms with Crippen LogP contribution in [0.1, 0.15) is 28.4 Å². The van der Waals surface area contributed by atoms with Gasteiger partial charge in [-0.25, -0.2) is 0 Å². The molecular formula is C15H13NO3. The molecule has 96 valence electrons. The number of hydrogen-bond donors (Lipinski definition) is 0. The molecule has 4 heteroatoms. The minimum atomic E-state index is -0.485. The summed E-state index contributed by atoms with van der Waals surface area (Å²) in [7, 11) is 0. The molecule has 0 spiro atoms. The van der Waals surface area contributed by atoms with Gasteiger partial charge in [-0.15, -0.1) is 0 Å². The number of nitro groups is 1. The third-order valence-electron chi connectivity index (χ3n) is 2.97. The maximum Gasteiger partial charge on any atom is 0.270 e. The van der Waals surface area contributed by atoms with E-state index in [1.54, 1.807) is 30.3 Å². The summed E-state index contributed by atoms with van der Waals surface area (Å²) in [6, 6.07) is 13.2. The van der Waals surface area contributed by atoms with Crippen molar-refractivity contribution in [2.24, 2.45) is 0 Å². The lowest BCUT2D eigenvalue weighted by atomic mass is 9.96. The summed E-state index contributed by atoms with van der Waals surface area (Å²) >= 11 is 0. The number of carbonyl (C=O) groups is 1. The van der Waals surface area contributed by atoms with E-state index in [1.807, 2.05) is 13.0 Å². The van der Waals surface area contributed by atoms with Crippen molar-refractivity contribution in [2.45, 2.75) is 13.3 Å². The van der Waals surface area contributed by atoms with Gasteiger partial charge in [0.1, 0.15) is 0 Å². The molecule has 19 heavy (non-hydrogen) atoms. The zero-order valence-corrected chi connectivity index (χ0v) is 10.5. The normalized spacial score (nSPS) is 10.2. The summed E-state index contributed by atoms with van der Waals surface area (Å²) in [6.45, 7) is 1.92. The first kappa shape index (κ1) is 13.0. The molecule has 0 N–H and O–H groups in total. The first-order valence-corrected chi connectivity index (χ1v) is 6.00. The number of non-ortho nitro benzene ring substituents is 1. The molecule has 0 radical (unpaired) electrons. The van der Waals surface area contributed by atoms with Crippen LogP contribution in [0.4, 0.5) is 5.69 Å². The van der Waals surface area contributed by atoms with Crippen LogP contribution in [0.3, 0.4) is 0 Å². The van der Waals surface area contributed by atoms with Crippen LogP contribution < -0.4 is 0 Å². The molecule has 4 nitrogen and oxygen atoms in total. The highest BCUT2D eigenvalue weighted by Gasteiger charge is 2.16. The SMILES string of the molecule is CCc1ccc([N+](=O)[O-])cc1C(=O)c1ccccc1. The molecule has 0 bridgehead atoms. The summed E-state index contributed by atoms with van der Waals surface area (Å²) in [5.41, 5.74) is 1.71. The molecule has 0 atom stereocenters. The van der Waals surface area contributed by atoms with E-state index in [-0.39, 0.29) is 11.5 Å². The summed E-state index contributed by atoms with van der Waals surface area (Å²) in [4.78, 5) is 22.7. The summed E-state index contributed by atoms with van der Waals surface area (Å²) in [6.07, 6.45) is 0.659. The van der Waals surface area contributed by atoms with Gasteiger partial charge in [-0.3, -0.25) is 14.9 Å². The van der Waals surface area contributed by atoms with Crippen LogP contribution in [0.15, 0.2) is 48.5 Å². The first-order valence-electron chi connectivity index (χ1n) is 6.00. The van der Waals surface area contributed by atoms with E-state index >= 15 is 0 Å². The van der Waals surface area contributed by atoms with Crippen molar-refractivity contribution >= 4 is 11.5 Å². The molecule has 0 aliphatic rings.